The molecule has 2 atom stereocenters. The third-order valence-electron chi connectivity index (χ3n) is 2.82. The lowest BCUT2D eigenvalue weighted by atomic mass is 9.85. The molecule has 0 bridgehead atoms. The first-order valence-electron chi connectivity index (χ1n) is 5.01. The van der Waals surface area contributed by atoms with Crippen molar-refractivity contribution >= 4 is 0 Å². The summed E-state index contributed by atoms with van der Waals surface area (Å²) in [5.74, 6) is 1.39. The number of hydrogen-bond donors (Lipinski definition) is 1. The summed E-state index contributed by atoms with van der Waals surface area (Å²) < 4.78 is 0. The maximum absolute atomic E-state index is 5.46. The predicted octanol–water partition coefficient (Wildman–Crippen LogP) is 2.96. The molecule has 2 N–H and O–H groups in total. The van der Waals surface area contributed by atoms with Crippen LogP contribution in [0.25, 0.3) is 0 Å². The quantitative estimate of drug-likeness (QED) is 0.608. The second-order valence-corrected chi connectivity index (χ2v) is 3.71. The monoisotopic (exact) mass is 169 g/mol. The van der Waals surface area contributed by atoms with Crippen molar-refractivity contribution in [3.63, 3.8) is 0 Å². The Morgan fingerprint density at radius 3 is 2.42 bits per heavy atom. The summed E-state index contributed by atoms with van der Waals surface area (Å²) in [6, 6.07) is 0. The maximum atomic E-state index is 5.46. The molecule has 0 aromatic heterocycles. The molecule has 0 amide bonds. The minimum Gasteiger partial charge on any atom is -0.330 e. The summed E-state index contributed by atoms with van der Waals surface area (Å²) in [4.78, 5) is 0. The van der Waals surface area contributed by atoms with Gasteiger partial charge in [0.05, 0.1) is 0 Å². The lowest BCUT2D eigenvalue weighted by Gasteiger charge is -2.21. The molecule has 0 heterocycles. The smallest absolute Gasteiger partial charge is 0.00772 e. The van der Waals surface area contributed by atoms with E-state index < -0.39 is 0 Å². The van der Waals surface area contributed by atoms with Crippen LogP contribution in [0, 0.1) is 11.8 Å². The molecule has 0 aromatic carbocycles. The van der Waals surface area contributed by atoms with Gasteiger partial charge in [-0.2, -0.15) is 0 Å². The molecule has 0 aromatic rings. The largest absolute Gasteiger partial charge is 0.330 e. The van der Waals surface area contributed by atoms with Crippen molar-refractivity contribution in [2.75, 3.05) is 6.54 Å². The van der Waals surface area contributed by atoms with Gasteiger partial charge in [0.25, 0.3) is 0 Å². The highest BCUT2D eigenvalue weighted by molar-refractivity contribution is 4.99. The molecular weight excluding hydrogens is 146 g/mol. The molecule has 0 aliphatic heterocycles. The van der Waals surface area contributed by atoms with E-state index in [9.17, 15) is 0 Å². The zero-order chi connectivity index (χ0) is 9.56. The van der Waals surface area contributed by atoms with Crippen LogP contribution >= 0.6 is 0 Å². The van der Waals surface area contributed by atoms with Gasteiger partial charge in [-0.15, -0.1) is 0 Å². The van der Waals surface area contributed by atoms with Crippen LogP contribution in [0.3, 0.4) is 0 Å². The van der Waals surface area contributed by atoms with E-state index in [4.69, 9.17) is 5.73 Å². The number of nitrogens with two attached hydrogens (primary N) is 1. The summed E-state index contributed by atoms with van der Waals surface area (Å²) in [5, 5.41) is 0. The van der Waals surface area contributed by atoms with Crippen LogP contribution < -0.4 is 5.73 Å². The molecule has 1 heteroatoms. The van der Waals surface area contributed by atoms with Gasteiger partial charge in [0.1, 0.15) is 0 Å². The van der Waals surface area contributed by atoms with Gasteiger partial charge < -0.3 is 5.73 Å². The lowest BCUT2D eigenvalue weighted by Crippen LogP contribution is -2.12. The fourth-order valence-electron chi connectivity index (χ4n) is 1.41. The van der Waals surface area contributed by atoms with Crippen LogP contribution in [0.15, 0.2) is 12.2 Å². The third kappa shape index (κ3) is 3.91. The van der Waals surface area contributed by atoms with Crippen molar-refractivity contribution in [2.24, 2.45) is 17.6 Å². The van der Waals surface area contributed by atoms with Gasteiger partial charge in [0.2, 0.25) is 0 Å². The minimum atomic E-state index is 0.654. The fourth-order valence-corrected chi connectivity index (χ4v) is 1.41. The molecule has 0 spiro atoms. The molecule has 0 rings (SSSR count). The second kappa shape index (κ2) is 6.24. The Bertz CT molecular complexity index is 129. The minimum absolute atomic E-state index is 0.654. The van der Waals surface area contributed by atoms with Gasteiger partial charge in [-0.1, -0.05) is 32.9 Å². The highest BCUT2D eigenvalue weighted by Crippen LogP contribution is 2.24. The van der Waals surface area contributed by atoms with Crippen LogP contribution in [-0.4, -0.2) is 6.54 Å². The Hall–Kier alpha value is -0.300. The van der Waals surface area contributed by atoms with E-state index in [1.54, 1.807) is 0 Å². The average molecular weight is 169 g/mol. The van der Waals surface area contributed by atoms with Crippen LogP contribution in [0.4, 0.5) is 0 Å². The Kier molecular flexibility index (Phi) is 6.09. The van der Waals surface area contributed by atoms with E-state index in [0.29, 0.717) is 5.92 Å². The number of rotatable bonds is 6. The third-order valence-corrected chi connectivity index (χ3v) is 2.82. The van der Waals surface area contributed by atoms with Gasteiger partial charge in [0.15, 0.2) is 0 Å². The average Bonchev–Trinajstić information content (AvgIpc) is 2.11. The molecule has 0 unspecified atom stereocenters. The zero-order valence-corrected chi connectivity index (χ0v) is 8.77. The predicted molar refractivity (Wildman–Crippen MR) is 56.0 cm³/mol. The highest BCUT2D eigenvalue weighted by Gasteiger charge is 2.12. The van der Waals surface area contributed by atoms with Crippen molar-refractivity contribution in [1.29, 1.82) is 0 Å². The van der Waals surface area contributed by atoms with Crippen molar-refractivity contribution in [2.45, 2.75) is 40.0 Å². The SMILES string of the molecule is C=C(CC)[C@@H](C)[C@@H](C)CCCN. The molecule has 0 aliphatic carbocycles. The Balaban J connectivity index is 3.75. The molecule has 72 valence electrons. The number of hydrogen-bond acceptors (Lipinski definition) is 1. The van der Waals surface area contributed by atoms with Gasteiger partial charge in [0, 0.05) is 0 Å². The van der Waals surface area contributed by atoms with Crippen molar-refractivity contribution in [3.8, 4) is 0 Å². The summed E-state index contributed by atoms with van der Waals surface area (Å²) in [5.41, 5.74) is 6.84. The van der Waals surface area contributed by atoms with E-state index in [2.05, 4.69) is 27.4 Å². The first kappa shape index (κ1) is 11.7. The Morgan fingerprint density at radius 1 is 1.42 bits per heavy atom. The van der Waals surface area contributed by atoms with Gasteiger partial charge >= 0.3 is 0 Å². The fraction of sp³-hybridized carbons (Fsp3) is 0.818. The second-order valence-electron chi connectivity index (χ2n) is 3.71. The van der Waals surface area contributed by atoms with E-state index in [0.717, 1.165) is 25.3 Å². The van der Waals surface area contributed by atoms with Gasteiger partial charge in [-0.3, -0.25) is 0 Å². The molecule has 0 fully saturated rings. The molecule has 1 nitrogen and oxygen atoms in total. The van der Waals surface area contributed by atoms with Gasteiger partial charge in [-0.05, 0) is 37.6 Å². The summed E-state index contributed by atoms with van der Waals surface area (Å²) in [7, 11) is 0. The zero-order valence-electron chi connectivity index (χ0n) is 8.77. The maximum Gasteiger partial charge on any atom is -0.00772 e. The van der Waals surface area contributed by atoms with E-state index in [1.807, 2.05) is 0 Å². The van der Waals surface area contributed by atoms with Crippen LogP contribution in [0.5, 0.6) is 0 Å². The van der Waals surface area contributed by atoms with Crippen molar-refractivity contribution in [1.82, 2.24) is 0 Å². The highest BCUT2D eigenvalue weighted by atomic mass is 14.5. The van der Waals surface area contributed by atoms with E-state index >= 15 is 0 Å². The number of allylic oxidation sites excluding steroid dienone is 1. The molecule has 0 aliphatic rings. The lowest BCUT2D eigenvalue weighted by molar-refractivity contribution is 0.397. The molecule has 12 heavy (non-hydrogen) atoms. The topological polar surface area (TPSA) is 26.0 Å². The summed E-state index contributed by atoms with van der Waals surface area (Å²) >= 11 is 0. The molecule has 0 radical (unpaired) electrons. The first-order chi connectivity index (χ1) is 5.63. The molecule has 0 saturated heterocycles. The van der Waals surface area contributed by atoms with E-state index in [1.165, 1.54) is 12.0 Å². The Labute approximate surface area is 77.0 Å². The van der Waals surface area contributed by atoms with Gasteiger partial charge in [-0.25, -0.2) is 0 Å². The normalized spacial score (nSPS) is 15.7. The Morgan fingerprint density at radius 2 is 2.00 bits per heavy atom. The first-order valence-corrected chi connectivity index (χ1v) is 5.01. The molecular formula is C11H23N. The van der Waals surface area contributed by atoms with Crippen LogP contribution in [-0.2, 0) is 0 Å². The molecule has 0 saturated carbocycles. The standard InChI is InChI=1S/C11H23N/c1-5-9(2)11(4)10(3)7-6-8-12/h10-11H,2,5-8,12H2,1,3-4H3/t10-,11+/m0/s1. The summed E-state index contributed by atoms with van der Waals surface area (Å²) in [6.07, 6.45) is 3.48. The van der Waals surface area contributed by atoms with Crippen molar-refractivity contribution in [3.05, 3.63) is 12.2 Å². The van der Waals surface area contributed by atoms with Crippen LogP contribution in [0.2, 0.25) is 0 Å². The van der Waals surface area contributed by atoms with Crippen LogP contribution in [0.1, 0.15) is 40.0 Å². The van der Waals surface area contributed by atoms with E-state index in [-0.39, 0.29) is 0 Å². The summed E-state index contributed by atoms with van der Waals surface area (Å²) in [6.45, 7) is 11.6. The van der Waals surface area contributed by atoms with Crippen molar-refractivity contribution < 1.29 is 0 Å².